The van der Waals surface area contributed by atoms with Gasteiger partial charge in [-0.05, 0) is 46.3 Å². The highest BCUT2D eigenvalue weighted by Crippen LogP contribution is 2.29. The fraction of sp³-hybridized carbons (Fsp3) is 0.0667. The Morgan fingerprint density at radius 2 is 1.84 bits per heavy atom. The van der Waals surface area contributed by atoms with Gasteiger partial charge in [-0.1, -0.05) is 12.1 Å². The van der Waals surface area contributed by atoms with Crippen molar-refractivity contribution in [3.05, 3.63) is 53.1 Å². The second-order valence-corrected chi connectivity index (χ2v) is 4.95. The van der Waals surface area contributed by atoms with Crippen LogP contribution in [0.15, 0.2) is 53.1 Å². The molecule has 0 amide bonds. The summed E-state index contributed by atoms with van der Waals surface area (Å²) in [6.45, 7) is 0. The summed E-state index contributed by atoms with van der Waals surface area (Å²) in [5.41, 5.74) is 3.65. The zero-order valence-corrected chi connectivity index (χ0v) is 11.9. The van der Waals surface area contributed by atoms with Gasteiger partial charge in [0.25, 0.3) is 0 Å². The first-order valence-corrected chi connectivity index (χ1v) is 6.63. The molecule has 0 atom stereocenters. The molecule has 0 saturated carbocycles. The molecule has 4 heteroatoms. The van der Waals surface area contributed by atoms with Crippen molar-refractivity contribution in [3.8, 4) is 17.0 Å². The fourth-order valence-electron chi connectivity index (χ4n) is 1.92. The summed E-state index contributed by atoms with van der Waals surface area (Å²) in [5, 5.41) is 0. The fourth-order valence-corrected chi connectivity index (χ4v) is 2.46. The number of hydrogen-bond donors (Lipinski definition) is 0. The number of fused-ring (bicyclic) bond motifs is 1. The van der Waals surface area contributed by atoms with Crippen LogP contribution < -0.4 is 4.74 Å². The molecule has 0 bridgehead atoms. The maximum absolute atomic E-state index is 5.22. The molecule has 0 aliphatic carbocycles. The third-order valence-corrected chi connectivity index (χ3v) is 3.52. The number of hydrogen-bond acceptors (Lipinski definition) is 3. The summed E-state index contributed by atoms with van der Waals surface area (Å²) in [6.07, 6.45) is 1.79. The van der Waals surface area contributed by atoms with E-state index in [1.807, 2.05) is 42.5 Å². The predicted molar refractivity (Wildman–Crippen MR) is 79.2 cm³/mol. The summed E-state index contributed by atoms with van der Waals surface area (Å²) >= 11 is 3.48. The normalized spacial score (nSPS) is 10.6. The van der Waals surface area contributed by atoms with Crippen LogP contribution in [0.2, 0.25) is 0 Å². The van der Waals surface area contributed by atoms with Crippen molar-refractivity contribution in [3.63, 3.8) is 0 Å². The SMILES string of the molecule is COc1ccc(-c2cnc3ccccc3n2)cc1Br. The lowest BCUT2D eigenvalue weighted by Gasteiger charge is -2.06. The first-order valence-electron chi connectivity index (χ1n) is 5.83. The Hall–Kier alpha value is -1.94. The molecule has 0 aliphatic rings. The minimum atomic E-state index is 0.803. The smallest absolute Gasteiger partial charge is 0.133 e. The van der Waals surface area contributed by atoms with Gasteiger partial charge in [0, 0.05) is 5.56 Å². The van der Waals surface area contributed by atoms with Gasteiger partial charge < -0.3 is 4.74 Å². The Bertz CT molecular complexity index is 743. The molecule has 0 saturated heterocycles. The Morgan fingerprint density at radius 3 is 2.58 bits per heavy atom. The standard InChI is InChI=1S/C15H11BrN2O/c1-19-15-7-6-10(8-11(15)16)14-9-17-12-4-2-3-5-13(12)18-14/h2-9H,1H3. The Kier molecular flexibility index (Phi) is 3.17. The van der Waals surface area contributed by atoms with Crippen LogP contribution in [0.25, 0.3) is 22.3 Å². The van der Waals surface area contributed by atoms with Crippen molar-refractivity contribution in [2.45, 2.75) is 0 Å². The summed E-state index contributed by atoms with van der Waals surface area (Å²) < 4.78 is 6.13. The number of methoxy groups -OCH3 is 1. The highest BCUT2D eigenvalue weighted by atomic mass is 79.9. The predicted octanol–water partition coefficient (Wildman–Crippen LogP) is 4.07. The van der Waals surface area contributed by atoms with Gasteiger partial charge in [0.2, 0.25) is 0 Å². The van der Waals surface area contributed by atoms with Gasteiger partial charge >= 0.3 is 0 Å². The van der Waals surface area contributed by atoms with E-state index in [1.54, 1.807) is 13.3 Å². The first-order chi connectivity index (χ1) is 9.28. The number of halogens is 1. The van der Waals surface area contributed by atoms with E-state index in [4.69, 9.17) is 4.74 Å². The third kappa shape index (κ3) is 2.31. The molecule has 19 heavy (non-hydrogen) atoms. The van der Waals surface area contributed by atoms with Crippen LogP contribution in [0, 0.1) is 0 Å². The van der Waals surface area contributed by atoms with Gasteiger partial charge in [-0.3, -0.25) is 4.98 Å². The number of para-hydroxylation sites is 2. The molecule has 94 valence electrons. The molecule has 1 aromatic heterocycles. The van der Waals surface area contributed by atoms with E-state index in [2.05, 4.69) is 25.9 Å². The van der Waals surface area contributed by atoms with Crippen molar-refractivity contribution in [1.82, 2.24) is 9.97 Å². The lowest BCUT2D eigenvalue weighted by atomic mass is 10.1. The van der Waals surface area contributed by atoms with Crippen molar-refractivity contribution >= 4 is 27.0 Å². The Balaban J connectivity index is 2.11. The Labute approximate surface area is 119 Å². The first kappa shape index (κ1) is 12.1. The molecule has 3 rings (SSSR count). The van der Waals surface area contributed by atoms with Crippen molar-refractivity contribution in [2.75, 3.05) is 7.11 Å². The second-order valence-electron chi connectivity index (χ2n) is 4.09. The second kappa shape index (κ2) is 4.97. The van der Waals surface area contributed by atoms with E-state index in [0.717, 1.165) is 32.5 Å². The van der Waals surface area contributed by atoms with Gasteiger partial charge in [-0.25, -0.2) is 4.98 Å². The quantitative estimate of drug-likeness (QED) is 0.715. The number of ether oxygens (including phenoxy) is 1. The van der Waals surface area contributed by atoms with Gasteiger partial charge in [0.05, 0.1) is 34.5 Å². The molecule has 0 fully saturated rings. The monoisotopic (exact) mass is 314 g/mol. The average molecular weight is 315 g/mol. The number of benzene rings is 2. The van der Waals surface area contributed by atoms with Crippen molar-refractivity contribution < 1.29 is 4.74 Å². The molecule has 0 spiro atoms. The largest absolute Gasteiger partial charge is 0.496 e. The van der Waals surface area contributed by atoms with Gasteiger partial charge in [0.1, 0.15) is 5.75 Å². The summed E-state index contributed by atoms with van der Waals surface area (Å²) in [7, 11) is 1.65. The lowest BCUT2D eigenvalue weighted by Crippen LogP contribution is -1.90. The van der Waals surface area contributed by atoms with E-state index in [1.165, 1.54) is 0 Å². The van der Waals surface area contributed by atoms with Crippen LogP contribution in [-0.4, -0.2) is 17.1 Å². The van der Waals surface area contributed by atoms with Crippen LogP contribution in [-0.2, 0) is 0 Å². The molecular weight excluding hydrogens is 304 g/mol. The van der Waals surface area contributed by atoms with Gasteiger partial charge in [-0.2, -0.15) is 0 Å². The zero-order chi connectivity index (χ0) is 13.2. The van der Waals surface area contributed by atoms with Crippen molar-refractivity contribution in [1.29, 1.82) is 0 Å². The third-order valence-electron chi connectivity index (χ3n) is 2.90. The highest BCUT2D eigenvalue weighted by Gasteiger charge is 2.06. The lowest BCUT2D eigenvalue weighted by molar-refractivity contribution is 0.412. The van der Waals surface area contributed by atoms with Crippen molar-refractivity contribution in [2.24, 2.45) is 0 Å². The van der Waals surface area contributed by atoms with E-state index < -0.39 is 0 Å². The maximum Gasteiger partial charge on any atom is 0.133 e. The summed E-state index contributed by atoms with van der Waals surface area (Å²) in [5.74, 6) is 0.803. The maximum atomic E-state index is 5.22. The summed E-state index contributed by atoms with van der Waals surface area (Å²) in [6, 6.07) is 13.7. The van der Waals surface area contributed by atoms with E-state index in [0.29, 0.717) is 0 Å². The number of nitrogens with zero attached hydrogens (tertiary/aromatic N) is 2. The van der Waals surface area contributed by atoms with E-state index in [-0.39, 0.29) is 0 Å². The number of rotatable bonds is 2. The molecule has 0 N–H and O–H groups in total. The molecule has 0 radical (unpaired) electrons. The molecule has 0 unspecified atom stereocenters. The van der Waals surface area contributed by atoms with Crippen LogP contribution >= 0.6 is 15.9 Å². The topological polar surface area (TPSA) is 35.0 Å². The highest BCUT2D eigenvalue weighted by molar-refractivity contribution is 9.10. The van der Waals surface area contributed by atoms with Gasteiger partial charge in [-0.15, -0.1) is 0 Å². The molecule has 1 heterocycles. The average Bonchev–Trinajstić information content (AvgIpc) is 2.46. The van der Waals surface area contributed by atoms with Crippen LogP contribution in [0.5, 0.6) is 5.75 Å². The van der Waals surface area contributed by atoms with E-state index >= 15 is 0 Å². The minimum Gasteiger partial charge on any atom is -0.496 e. The van der Waals surface area contributed by atoms with Crippen LogP contribution in [0.1, 0.15) is 0 Å². The zero-order valence-electron chi connectivity index (χ0n) is 10.3. The molecular formula is C15H11BrN2O. The number of aromatic nitrogens is 2. The van der Waals surface area contributed by atoms with Gasteiger partial charge in [0.15, 0.2) is 0 Å². The molecule has 3 nitrogen and oxygen atoms in total. The molecule has 2 aromatic carbocycles. The Morgan fingerprint density at radius 1 is 1.05 bits per heavy atom. The van der Waals surface area contributed by atoms with E-state index in [9.17, 15) is 0 Å². The molecule has 3 aromatic rings. The van der Waals surface area contributed by atoms with Crippen LogP contribution in [0.3, 0.4) is 0 Å². The summed E-state index contributed by atoms with van der Waals surface area (Å²) in [4.78, 5) is 9.04. The molecule has 0 aliphatic heterocycles. The minimum absolute atomic E-state index is 0.803. The van der Waals surface area contributed by atoms with Crippen LogP contribution in [0.4, 0.5) is 0 Å².